The van der Waals surface area contributed by atoms with Gasteiger partial charge in [-0.05, 0) is 43.4 Å². The largest absolute Gasteiger partial charge is 0.506 e. The molecule has 0 bridgehead atoms. The molecule has 0 radical (unpaired) electrons. The molecule has 1 aromatic rings. The number of anilines is 1. The quantitative estimate of drug-likeness (QED) is 0.802. The molecular weight excluding hydrogens is 226 g/mol. The van der Waals surface area contributed by atoms with Gasteiger partial charge in [0.1, 0.15) is 5.75 Å². The summed E-state index contributed by atoms with van der Waals surface area (Å²) in [5.74, 6) is 0.680. The second-order valence-corrected chi connectivity index (χ2v) is 5.28. The molecule has 1 aliphatic rings. The Morgan fingerprint density at radius 2 is 2.06 bits per heavy atom. The molecule has 0 saturated heterocycles. The van der Waals surface area contributed by atoms with Crippen molar-refractivity contribution in [2.45, 2.75) is 45.4 Å². The third-order valence-electron chi connectivity index (χ3n) is 3.63. The topological polar surface area (TPSA) is 49.3 Å². The maximum absolute atomic E-state index is 11.9. The lowest BCUT2D eigenvalue weighted by molar-refractivity contribution is -0.117. The van der Waals surface area contributed by atoms with Gasteiger partial charge in [-0.3, -0.25) is 4.79 Å². The standard InChI is InChI=1S/C15H21NO2/c1-11-7-8-13(14(17)9-11)16-15(18)10-12-5-3-2-4-6-12/h7-9,12,17H,2-6,10H2,1H3,(H,16,18). The maximum atomic E-state index is 11.9. The van der Waals surface area contributed by atoms with Crippen molar-refractivity contribution in [3.63, 3.8) is 0 Å². The van der Waals surface area contributed by atoms with Crippen molar-refractivity contribution in [2.24, 2.45) is 5.92 Å². The Morgan fingerprint density at radius 3 is 2.72 bits per heavy atom. The number of carbonyl (C=O) groups is 1. The highest BCUT2D eigenvalue weighted by atomic mass is 16.3. The number of aromatic hydroxyl groups is 1. The molecule has 3 heteroatoms. The maximum Gasteiger partial charge on any atom is 0.224 e. The predicted molar refractivity (Wildman–Crippen MR) is 72.7 cm³/mol. The van der Waals surface area contributed by atoms with Crippen LogP contribution in [0.5, 0.6) is 5.75 Å². The second-order valence-electron chi connectivity index (χ2n) is 5.28. The molecule has 1 amide bonds. The molecule has 1 aliphatic carbocycles. The minimum absolute atomic E-state index is 0.0149. The lowest BCUT2D eigenvalue weighted by Gasteiger charge is -2.20. The molecule has 0 aliphatic heterocycles. The van der Waals surface area contributed by atoms with Crippen LogP contribution in [-0.4, -0.2) is 11.0 Å². The molecule has 0 atom stereocenters. The van der Waals surface area contributed by atoms with E-state index in [0.29, 0.717) is 18.0 Å². The number of aryl methyl sites for hydroxylation is 1. The minimum Gasteiger partial charge on any atom is -0.506 e. The van der Waals surface area contributed by atoms with Gasteiger partial charge in [0.15, 0.2) is 0 Å². The molecule has 0 heterocycles. The molecule has 2 N–H and O–H groups in total. The van der Waals surface area contributed by atoms with Gasteiger partial charge in [-0.15, -0.1) is 0 Å². The first-order valence-corrected chi connectivity index (χ1v) is 6.74. The van der Waals surface area contributed by atoms with E-state index in [1.165, 1.54) is 19.3 Å². The smallest absolute Gasteiger partial charge is 0.224 e. The summed E-state index contributed by atoms with van der Waals surface area (Å²) in [6.07, 6.45) is 6.69. The van der Waals surface area contributed by atoms with Gasteiger partial charge >= 0.3 is 0 Å². The number of hydrogen-bond donors (Lipinski definition) is 2. The molecule has 1 fully saturated rings. The number of nitrogens with one attached hydrogen (secondary N) is 1. The number of benzene rings is 1. The fourth-order valence-corrected chi connectivity index (χ4v) is 2.60. The highest BCUT2D eigenvalue weighted by molar-refractivity contribution is 5.92. The number of carbonyl (C=O) groups excluding carboxylic acids is 1. The molecule has 1 saturated carbocycles. The molecule has 18 heavy (non-hydrogen) atoms. The summed E-state index contributed by atoms with van der Waals surface area (Å²) in [6, 6.07) is 5.30. The van der Waals surface area contributed by atoms with Gasteiger partial charge in [0.25, 0.3) is 0 Å². The van der Waals surface area contributed by atoms with Gasteiger partial charge in [0.2, 0.25) is 5.91 Å². The fraction of sp³-hybridized carbons (Fsp3) is 0.533. The van der Waals surface area contributed by atoms with Crippen molar-refractivity contribution >= 4 is 11.6 Å². The van der Waals surface area contributed by atoms with Gasteiger partial charge < -0.3 is 10.4 Å². The molecule has 0 aromatic heterocycles. The summed E-state index contributed by atoms with van der Waals surface area (Å²) >= 11 is 0. The van der Waals surface area contributed by atoms with E-state index in [9.17, 15) is 9.90 Å². The lowest BCUT2D eigenvalue weighted by Crippen LogP contribution is -2.18. The Morgan fingerprint density at radius 1 is 1.33 bits per heavy atom. The molecule has 1 aromatic carbocycles. The number of phenols is 1. The summed E-state index contributed by atoms with van der Waals surface area (Å²) in [7, 11) is 0. The van der Waals surface area contributed by atoms with Crippen LogP contribution in [-0.2, 0) is 4.79 Å². The predicted octanol–water partition coefficient (Wildman–Crippen LogP) is 3.61. The summed E-state index contributed by atoms with van der Waals surface area (Å²) in [4.78, 5) is 11.9. The third kappa shape index (κ3) is 3.49. The highest BCUT2D eigenvalue weighted by Crippen LogP contribution is 2.28. The van der Waals surface area contributed by atoms with Crippen molar-refractivity contribution in [3.05, 3.63) is 23.8 Å². The molecule has 0 unspecified atom stereocenters. The summed E-state index contributed by atoms with van der Waals surface area (Å²) < 4.78 is 0. The fourth-order valence-electron chi connectivity index (χ4n) is 2.60. The molecular formula is C15H21NO2. The van der Waals surface area contributed by atoms with Gasteiger partial charge in [0.05, 0.1) is 5.69 Å². The van der Waals surface area contributed by atoms with Crippen LogP contribution in [0.3, 0.4) is 0 Å². The first-order chi connectivity index (χ1) is 8.65. The van der Waals surface area contributed by atoms with E-state index < -0.39 is 0 Å². The van der Waals surface area contributed by atoms with E-state index in [2.05, 4.69) is 5.32 Å². The Kier molecular flexibility index (Phi) is 4.24. The van der Waals surface area contributed by atoms with Crippen molar-refractivity contribution in [1.82, 2.24) is 0 Å². The average Bonchev–Trinajstić information content (AvgIpc) is 2.34. The lowest BCUT2D eigenvalue weighted by atomic mass is 9.87. The van der Waals surface area contributed by atoms with Crippen LogP contribution in [0.1, 0.15) is 44.1 Å². The van der Waals surface area contributed by atoms with Gasteiger partial charge in [-0.2, -0.15) is 0 Å². The van der Waals surface area contributed by atoms with Crippen LogP contribution >= 0.6 is 0 Å². The number of rotatable bonds is 3. The van der Waals surface area contributed by atoms with E-state index in [0.717, 1.165) is 18.4 Å². The molecule has 2 rings (SSSR count). The highest BCUT2D eigenvalue weighted by Gasteiger charge is 2.17. The van der Waals surface area contributed by atoms with Crippen LogP contribution in [0.4, 0.5) is 5.69 Å². The number of phenolic OH excluding ortho intramolecular Hbond substituents is 1. The monoisotopic (exact) mass is 247 g/mol. The average molecular weight is 247 g/mol. The summed E-state index contributed by atoms with van der Waals surface area (Å²) in [5, 5.41) is 12.5. The van der Waals surface area contributed by atoms with Crippen LogP contribution in [0, 0.1) is 12.8 Å². The van der Waals surface area contributed by atoms with Crippen LogP contribution in [0.2, 0.25) is 0 Å². The van der Waals surface area contributed by atoms with Crippen LogP contribution in [0.15, 0.2) is 18.2 Å². The van der Waals surface area contributed by atoms with Crippen molar-refractivity contribution < 1.29 is 9.90 Å². The number of amides is 1. The summed E-state index contributed by atoms with van der Waals surface area (Å²) in [6.45, 7) is 1.91. The Balaban J connectivity index is 1.90. The zero-order chi connectivity index (χ0) is 13.0. The van der Waals surface area contributed by atoms with E-state index >= 15 is 0 Å². The van der Waals surface area contributed by atoms with Gasteiger partial charge in [-0.1, -0.05) is 25.3 Å². The van der Waals surface area contributed by atoms with E-state index in [-0.39, 0.29) is 11.7 Å². The van der Waals surface area contributed by atoms with Crippen LogP contribution in [0.25, 0.3) is 0 Å². The van der Waals surface area contributed by atoms with Crippen LogP contribution < -0.4 is 5.32 Å². The van der Waals surface area contributed by atoms with Crippen molar-refractivity contribution in [3.8, 4) is 5.75 Å². The van der Waals surface area contributed by atoms with E-state index in [4.69, 9.17) is 0 Å². The molecule has 0 spiro atoms. The van der Waals surface area contributed by atoms with Gasteiger partial charge in [0, 0.05) is 6.42 Å². The first-order valence-electron chi connectivity index (χ1n) is 6.74. The Hall–Kier alpha value is -1.51. The Bertz CT molecular complexity index is 423. The molecule has 98 valence electrons. The first kappa shape index (κ1) is 12.9. The van der Waals surface area contributed by atoms with Crippen molar-refractivity contribution in [1.29, 1.82) is 0 Å². The van der Waals surface area contributed by atoms with E-state index in [1.807, 2.05) is 13.0 Å². The Labute approximate surface area is 108 Å². The summed E-state index contributed by atoms with van der Waals surface area (Å²) in [5.41, 5.74) is 1.50. The second kappa shape index (κ2) is 5.89. The third-order valence-corrected chi connectivity index (χ3v) is 3.63. The number of hydrogen-bond acceptors (Lipinski definition) is 2. The zero-order valence-electron chi connectivity index (χ0n) is 10.9. The van der Waals surface area contributed by atoms with Crippen molar-refractivity contribution in [2.75, 3.05) is 5.32 Å². The van der Waals surface area contributed by atoms with Gasteiger partial charge in [-0.25, -0.2) is 0 Å². The SMILES string of the molecule is Cc1ccc(NC(=O)CC2CCCCC2)c(O)c1. The minimum atomic E-state index is 0.0149. The zero-order valence-corrected chi connectivity index (χ0v) is 10.9. The normalized spacial score (nSPS) is 16.5. The van der Waals surface area contributed by atoms with E-state index in [1.54, 1.807) is 12.1 Å². The molecule has 3 nitrogen and oxygen atoms in total.